The summed E-state index contributed by atoms with van der Waals surface area (Å²) in [5.74, 6) is 1.65. The van der Waals surface area contributed by atoms with Crippen molar-refractivity contribution in [1.29, 1.82) is 0 Å². The van der Waals surface area contributed by atoms with Crippen LogP contribution in [-0.2, 0) is 17.8 Å². The lowest BCUT2D eigenvalue weighted by Gasteiger charge is -2.12. The lowest BCUT2D eigenvalue weighted by atomic mass is 10.2. The minimum atomic E-state index is 0. The maximum absolute atomic E-state index is 5.56. The molecule has 2 rings (SSSR count). The molecule has 0 aliphatic carbocycles. The lowest BCUT2D eigenvalue weighted by molar-refractivity contribution is 0.146. The van der Waals surface area contributed by atoms with Crippen LogP contribution >= 0.6 is 35.3 Å². The average Bonchev–Trinajstić information content (AvgIpc) is 3.01. The Morgan fingerprint density at radius 2 is 1.80 bits per heavy atom. The zero-order valence-electron chi connectivity index (χ0n) is 14.9. The maximum atomic E-state index is 5.56. The van der Waals surface area contributed by atoms with E-state index >= 15 is 0 Å². The third-order valence-electron chi connectivity index (χ3n) is 3.55. The third-order valence-corrected chi connectivity index (χ3v) is 4.57. The number of nitrogens with zero attached hydrogens (tertiary/aromatic N) is 1. The van der Waals surface area contributed by atoms with Crippen LogP contribution in [-0.4, -0.2) is 33.3 Å². The summed E-state index contributed by atoms with van der Waals surface area (Å²) in [6.45, 7) is 4.78. The highest BCUT2D eigenvalue weighted by Crippen LogP contribution is 2.15. The molecule has 2 N–H and O–H groups in total. The van der Waals surface area contributed by atoms with Gasteiger partial charge in [-0.3, -0.25) is 4.99 Å². The van der Waals surface area contributed by atoms with Crippen molar-refractivity contribution >= 4 is 41.3 Å². The monoisotopic (exact) mass is 475 g/mol. The van der Waals surface area contributed by atoms with Gasteiger partial charge in [0.15, 0.2) is 5.96 Å². The third kappa shape index (κ3) is 7.62. The molecule has 5 nitrogen and oxygen atoms in total. The summed E-state index contributed by atoms with van der Waals surface area (Å²) < 4.78 is 10.5. The van der Waals surface area contributed by atoms with Crippen molar-refractivity contribution < 1.29 is 9.47 Å². The quantitative estimate of drug-likeness (QED) is 0.265. The van der Waals surface area contributed by atoms with E-state index in [1.165, 1.54) is 16.0 Å². The molecule has 0 spiro atoms. The van der Waals surface area contributed by atoms with Crippen LogP contribution in [0.25, 0.3) is 0 Å². The lowest BCUT2D eigenvalue weighted by Crippen LogP contribution is -2.36. The van der Waals surface area contributed by atoms with Gasteiger partial charge in [-0.05, 0) is 41.6 Å². The van der Waals surface area contributed by atoms with E-state index < -0.39 is 0 Å². The Balaban J connectivity index is 0.00000312. The Bertz CT molecular complexity index is 644. The molecule has 25 heavy (non-hydrogen) atoms. The van der Waals surface area contributed by atoms with Crippen LogP contribution in [0.4, 0.5) is 0 Å². The fraction of sp³-hybridized carbons (Fsp3) is 0.389. The van der Waals surface area contributed by atoms with Crippen LogP contribution < -0.4 is 15.4 Å². The molecule has 0 radical (unpaired) electrons. The molecule has 0 saturated carbocycles. The number of hydrogen-bond acceptors (Lipinski definition) is 4. The topological polar surface area (TPSA) is 54.9 Å². The zero-order chi connectivity index (χ0) is 17.2. The summed E-state index contributed by atoms with van der Waals surface area (Å²) >= 11 is 1.76. The fourth-order valence-electron chi connectivity index (χ4n) is 2.10. The smallest absolute Gasteiger partial charge is 0.191 e. The first kappa shape index (κ1) is 21.7. The molecular formula is C18H26IN3O2S. The fourth-order valence-corrected chi connectivity index (χ4v) is 2.95. The number of nitrogens with one attached hydrogen (secondary N) is 2. The van der Waals surface area contributed by atoms with E-state index in [0.717, 1.165) is 18.3 Å². The molecule has 7 heteroatoms. The van der Waals surface area contributed by atoms with Crippen LogP contribution in [0.15, 0.2) is 40.7 Å². The molecular weight excluding hydrogens is 449 g/mol. The Hall–Kier alpha value is -1.32. The predicted octanol–water partition coefficient (Wildman–Crippen LogP) is 3.56. The molecule has 138 valence electrons. The minimum absolute atomic E-state index is 0. The summed E-state index contributed by atoms with van der Waals surface area (Å²) in [6, 6.07) is 10.2. The molecule has 0 aliphatic rings. The van der Waals surface area contributed by atoms with Crippen LogP contribution in [0.1, 0.15) is 16.0 Å². The van der Waals surface area contributed by atoms with Gasteiger partial charge in [-0.2, -0.15) is 0 Å². The molecule has 1 aromatic carbocycles. The summed E-state index contributed by atoms with van der Waals surface area (Å²) in [5, 5.41) is 8.77. The van der Waals surface area contributed by atoms with Crippen molar-refractivity contribution in [3.63, 3.8) is 0 Å². The van der Waals surface area contributed by atoms with Crippen molar-refractivity contribution in [2.45, 2.75) is 20.0 Å². The largest absolute Gasteiger partial charge is 0.491 e. The van der Waals surface area contributed by atoms with Gasteiger partial charge in [-0.15, -0.1) is 35.3 Å². The second-order valence-electron chi connectivity index (χ2n) is 5.29. The van der Waals surface area contributed by atoms with E-state index in [4.69, 9.17) is 9.47 Å². The summed E-state index contributed by atoms with van der Waals surface area (Å²) in [6.07, 6.45) is 0. The highest BCUT2D eigenvalue weighted by Gasteiger charge is 2.02. The minimum Gasteiger partial charge on any atom is -0.491 e. The predicted molar refractivity (Wildman–Crippen MR) is 115 cm³/mol. The number of halogens is 1. The van der Waals surface area contributed by atoms with Crippen LogP contribution in [0.5, 0.6) is 5.75 Å². The van der Waals surface area contributed by atoms with Gasteiger partial charge in [-0.1, -0.05) is 12.1 Å². The van der Waals surface area contributed by atoms with Crippen molar-refractivity contribution in [1.82, 2.24) is 10.6 Å². The molecule has 0 atom stereocenters. The van der Waals surface area contributed by atoms with Crippen LogP contribution in [0.3, 0.4) is 0 Å². The van der Waals surface area contributed by atoms with Gasteiger partial charge in [0.25, 0.3) is 0 Å². The van der Waals surface area contributed by atoms with Gasteiger partial charge in [0.2, 0.25) is 0 Å². The number of rotatable bonds is 8. The molecule has 0 unspecified atom stereocenters. The maximum Gasteiger partial charge on any atom is 0.191 e. The number of aryl methyl sites for hydroxylation is 1. The SMILES string of the molecule is CN=C(NCc1ccc(OCCOC)cc1)NCc1sccc1C.I. The number of aliphatic imine (C=N–C) groups is 1. The van der Waals surface area contributed by atoms with E-state index in [1.54, 1.807) is 25.5 Å². The highest BCUT2D eigenvalue weighted by atomic mass is 127. The Labute approximate surface area is 170 Å². The normalized spacial score (nSPS) is 10.9. The summed E-state index contributed by atoms with van der Waals surface area (Å²) in [4.78, 5) is 5.59. The average molecular weight is 475 g/mol. The molecule has 0 aliphatic heterocycles. The van der Waals surface area contributed by atoms with E-state index in [2.05, 4.69) is 34.0 Å². The van der Waals surface area contributed by atoms with E-state index in [9.17, 15) is 0 Å². The van der Waals surface area contributed by atoms with Crippen molar-refractivity contribution in [3.05, 3.63) is 51.7 Å². The second-order valence-corrected chi connectivity index (χ2v) is 6.29. The number of methoxy groups -OCH3 is 1. The van der Waals surface area contributed by atoms with Crippen molar-refractivity contribution in [3.8, 4) is 5.75 Å². The number of benzene rings is 1. The van der Waals surface area contributed by atoms with E-state index in [-0.39, 0.29) is 24.0 Å². The first-order valence-corrected chi connectivity index (χ1v) is 8.79. The first-order chi connectivity index (χ1) is 11.7. The molecule has 0 fully saturated rings. The summed E-state index contributed by atoms with van der Waals surface area (Å²) in [7, 11) is 3.45. The first-order valence-electron chi connectivity index (χ1n) is 7.91. The van der Waals surface area contributed by atoms with Crippen LogP contribution in [0, 0.1) is 6.92 Å². The highest BCUT2D eigenvalue weighted by molar-refractivity contribution is 14.0. The molecule has 0 amide bonds. The number of thiophene rings is 1. The number of guanidine groups is 1. The zero-order valence-corrected chi connectivity index (χ0v) is 18.0. The summed E-state index contributed by atoms with van der Waals surface area (Å²) in [5.41, 5.74) is 2.48. The second kappa shape index (κ2) is 12.1. The van der Waals surface area contributed by atoms with Gasteiger partial charge in [0, 0.05) is 25.6 Å². The van der Waals surface area contributed by atoms with Gasteiger partial charge in [0.05, 0.1) is 13.2 Å². The molecule has 0 bridgehead atoms. The molecule has 1 heterocycles. The van der Waals surface area contributed by atoms with E-state index in [1.807, 2.05) is 24.3 Å². The van der Waals surface area contributed by atoms with Gasteiger partial charge < -0.3 is 20.1 Å². The Kier molecular flexibility index (Phi) is 10.5. The Morgan fingerprint density at radius 1 is 1.08 bits per heavy atom. The van der Waals surface area contributed by atoms with Crippen LogP contribution in [0.2, 0.25) is 0 Å². The molecule has 0 saturated heterocycles. The van der Waals surface area contributed by atoms with Crippen molar-refractivity contribution in [2.75, 3.05) is 27.4 Å². The van der Waals surface area contributed by atoms with E-state index in [0.29, 0.717) is 19.8 Å². The number of hydrogen-bond donors (Lipinski definition) is 2. The standard InChI is InChI=1S/C18H25N3O2S.HI/c1-14-8-11-24-17(14)13-21-18(19-2)20-12-15-4-6-16(7-5-15)23-10-9-22-3;/h4-8,11H,9-10,12-13H2,1-3H3,(H2,19,20,21);1H. The molecule has 2 aromatic rings. The van der Waals surface area contributed by atoms with Crippen molar-refractivity contribution in [2.24, 2.45) is 4.99 Å². The van der Waals surface area contributed by atoms with Gasteiger partial charge in [0.1, 0.15) is 12.4 Å². The van der Waals surface area contributed by atoms with Gasteiger partial charge in [-0.25, -0.2) is 0 Å². The molecule has 1 aromatic heterocycles. The van der Waals surface area contributed by atoms with Gasteiger partial charge >= 0.3 is 0 Å². The number of ether oxygens (including phenoxy) is 2. The Morgan fingerprint density at radius 3 is 2.40 bits per heavy atom.